The Hall–Kier alpha value is -5.29. The lowest BCUT2D eigenvalue weighted by atomic mass is 9.96. The first-order valence-corrected chi connectivity index (χ1v) is 14.5. The second-order valence-electron chi connectivity index (χ2n) is 10.7. The van der Waals surface area contributed by atoms with Crippen molar-refractivity contribution in [1.82, 2.24) is 35.1 Å². The number of esters is 1. The van der Waals surface area contributed by atoms with Gasteiger partial charge >= 0.3 is 5.97 Å². The predicted molar refractivity (Wildman–Crippen MR) is 164 cm³/mol. The zero-order valence-corrected chi connectivity index (χ0v) is 24.3. The maximum Gasteiger partial charge on any atom is 0.358 e. The van der Waals surface area contributed by atoms with Gasteiger partial charge in [0.05, 0.1) is 25.9 Å². The van der Waals surface area contributed by atoms with Gasteiger partial charge in [-0.15, -0.1) is 5.10 Å². The topological polar surface area (TPSA) is 125 Å². The minimum Gasteiger partial charge on any atom is -0.464 e. The smallest absolute Gasteiger partial charge is 0.358 e. The van der Waals surface area contributed by atoms with E-state index in [1.54, 1.807) is 11.0 Å². The summed E-state index contributed by atoms with van der Waals surface area (Å²) in [5, 5.41) is 11.6. The van der Waals surface area contributed by atoms with E-state index in [9.17, 15) is 14.4 Å². The summed E-state index contributed by atoms with van der Waals surface area (Å²) in [6.45, 7) is 2.12. The molecule has 2 aromatic heterocycles. The molecule has 5 aromatic rings. The third-order valence-corrected chi connectivity index (χ3v) is 7.97. The molecule has 1 aliphatic rings. The van der Waals surface area contributed by atoms with Gasteiger partial charge in [0, 0.05) is 37.1 Å². The number of aromatic nitrogens is 4. The highest BCUT2D eigenvalue weighted by Gasteiger charge is 2.33. The van der Waals surface area contributed by atoms with Crippen molar-refractivity contribution >= 4 is 28.7 Å². The van der Waals surface area contributed by atoms with E-state index >= 15 is 0 Å². The number of carbonyl (C=O) groups excluding carboxylic acids is 3. The lowest BCUT2D eigenvalue weighted by Crippen LogP contribution is -2.56. The maximum atomic E-state index is 14.0. The molecule has 11 heteroatoms. The van der Waals surface area contributed by atoms with E-state index < -0.39 is 17.9 Å². The van der Waals surface area contributed by atoms with Gasteiger partial charge in [0.25, 0.3) is 5.91 Å². The number of hydrogen-bond acceptors (Lipinski definition) is 7. The highest BCUT2D eigenvalue weighted by molar-refractivity contribution is 6.00. The molecule has 0 bridgehead atoms. The Morgan fingerprint density at radius 3 is 2.16 bits per heavy atom. The molecule has 11 nitrogen and oxygen atoms in total. The zero-order valence-electron chi connectivity index (χ0n) is 24.3. The number of amides is 2. The van der Waals surface area contributed by atoms with Crippen LogP contribution in [-0.2, 0) is 16.1 Å². The molecule has 0 aliphatic carbocycles. The molecular formula is C33H33N7O4. The molecule has 2 amide bonds. The van der Waals surface area contributed by atoms with Gasteiger partial charge in [0.2, 0.25) is 5.91 Å². The Labute approximate surface area is 254 Å². The fraction of sp³-hybridized carbons (Fsp3) is 0.242. The third-order valence-electron chi connectivity index (χ3n) is 7.97. The SMILES string of the molecule is COC(=O)c1cnnn1CC(NC(=O)c1cc2ccccc2[nH]1)C(=O)N1CCN(C(c2ccccc2)c2ccccc2)CC1. The van der Waals surface area contributed by atoms with E-state index in [4.69, 9.17) is 4.74 Å². The number of nitrogens with zero attached hydrogens (tertiary/aromatic N) is 5. The lowest BCUT2D eigenvalue weighted by Gasteiger charge is -2.40. The van der Waals surface area contributed by atoms with Gasteiger partial charge in [-0.1, -0.05) is 84.1 Å². The maximum absolute atomic E-state index is 14.0. The summed E-state index contributed by atoms with van der Waals surface area (Å²) in [6.07, 6.45) is 1.28. The average molecular weight is 592 g/mol. The second-order valence-corrected chi connectivity index (χ2v) is 10.7. The van der Waals surface area contributed by atoms with E-state index in [2.05, 4.69) is 49.8 Å². The molecule has 44 heavy (non-hydrogen) atoms. The fourth-order valence-corrected chi connectivity index (χ4v) is 5.75. The monoisotopic (exact) mass is 591 g/mol. The molecule has 1 saturated heterocycles. The van der Waals surface area contributed by atoms with Crippen molar-refractivity contribution in [1.29, 1.82) is 0 Å². The Morgan fingerprint density at radius 1 is 0.886 bits per heavy atom. The van der Waals surface area contributed by atoms with Gasteiger partial charge in [-0.05, 0) is 23.3 Å². The highest BCUT2D eigenvalue weighted by atomic mass is 16.5. The quantitative estimate of drug-likeness (QED) is 0.252. The first-order chi connectivity index (χ1) is 21.5. The summed E-state index contributed by atoms with van der Waals surface area (Å²) < 4.78 is 6.14. The average Bonchev–Trinajstić information content (AvgIpc) is 3.73. The van der Waals surface area contributed by atoms with Crippen molar-refractivity contribution in [2.45, 2.75) is 18.6 Å². The number of para-hydroxylation sites is 1. The van der Waals surface area contributed by atoms with E-state index in [0.29, 0.717) is 31.9 Å². The molecule has 6 rings (SSSR count). The number of carbonyl (C=O) groups is 3. The number of ether oxygens (including phenoxy) is 1. The van der Waals surface area contributed by atoms with Crippen molar-refractivity contribution < 1.29 is 19.1 Å². The van der Waals surface area contributed by atoms with E-state index in [1.165, 1.54) is 29.1 Å². The minimum absolute atomic E-state index is 0.0462. The molecule has 3 heterocycles. The van der Waals surface area contributed by atoms with Crippen LogP contribution in [0.3, 0.4) is 0 Å². The van der Waals surface area contributed by atoms with Crippen molar-refractivity contribution in [3.05, 3.63) is 120 Å². The summed E-state index contributed by atoms with van der Waals surface area (Å²) in [4.78, 5) is 47.0. The molecule has 0 radical (unpaired) electrons. The minimum atomic E-state index is -1.01. The summed E-state index contributed by atoms with van der Waals surface area (Å²) >= 11 is 0. The molecule has 1 aliphatic heterocycles. The Morgan fingerprint density at radius 2 is 1.52 bits per heavy atom. The normalized spacial score (nSPS) is 14.5. The van der Waals surface area contributed by atoms with Crippen LogP contribution in [0.25, 0.3) is 10.9 Å². The molecule has 0 saturated carbocycles. The van der Waals surface area contributed by atoms with Crippen molar-refractivity contribution in [2.75, 3.05) is 33.3 Å². The van der Waals surface area contributed by atoms with Gasteiger partial charge in [-0.2, -0.15) is 0 Å². The van der Waals surface area contributed by atoms with Crippen LogP contribution in [-0.4, -0.2) is 86.9 Å². The Kier molecular flexibility index (Phi) is 8.46. The first-order valence-electron chi connectivity index (χ1n) is 14.5. The number of fused-ring (bicyclic) bond motifs is 1. The fourth-order valence-electron chi connectivity index (χ4n) is 5.75. The van der Waals surface area contributed by atoms with Crippen LogP contribution in [0.4, 0.5) is 0 Å². The molecular weight excluding hydrogens is 558 g/mol. The van der Waals surface area contributed by atoms with Crippen LogP contribution >= 0.6 is 0 Å². The number of aromatic amines is 1. The largest absolute Gasteiger partial charge is 0.464 e. The van der Waals surface area contributed by atoms with Gasteiger partial charge in [0.1, 0.15) is 11.7 Å². The molecule has 0 spiro atoms. The number of piperazine rings is 1. The third kappa shape index (κ3) is 6.09. The van der Waals surface area contributed by atoms with Gasteiger partial charge < -0.3 is 19.9 Å². The van der Waals surface area contributed by atoms with Crippen molar-refractivity contribution in [3.8, 4) is 0 Å². The van der Waals surface area contributed by atoms with Crippen molar-refractivity contribution in [3.63, 3.8) is 0 Å². The van der Waals surface area contributed by atoms with E-state index in [-0.39, 0.29) is 24.2 Å². The number of methoxy groups -OCH3 is 1. The Balaban J connectivity index is 1.22. The number of nitrogens with one attached hydrogen (secondary N) is 2. The summed E-state index contributed by atoms with van der Waals surface area (Å²) in [6, 6.07) is 29.0. The number of rotatable bonds is 9. The van der Waals surface area contributed by atoms with Gasteiger partial charge in [-0.3, -0.25) is 14.5 Å². The number of H-pyrrole nitrogens is 1. The molecule has 224 valence electrons. The number of hydrogen-bond donors (Lipinski definition) is 2. The second kappa shape index (κ2) is 12.9. The molecule has 1 atom stereocenters. The molecule has 2 N–H and O–H groups in total. The van der Waals surface area contributed by atoms with Crippen LogP contribution in [0.2, 0.25) is 0 Å². The molecule has 1 fully saturated rings. The van der Waals surface area contributed by atoms with Crippen molar-refractivity contribution in [2.24, 2.45) is 0 Å². The highest BCUT2D eigenvalue weighted by Crippen LogP contribution is 2.29. The molecule has 1 unspecified atom stereocenters. The standard InChI is InChI=1S/C33H33N7O4/c1-44-33(43)29-21-34-37-40(29)22-28(36-31(41)27-20-25-14-8-9-15-26(25)35-27)32(42)39-18-16-38(17-19-39)30(23-10-4-2-5-11-23)24-12-6-3-7-13-24/h2-15,20-21,28,30,35H,16-19,22H2,1H3,(H,36,41). The van der Waals surface area contributed by atoms with Crippen LogP contribution in [0.5, 0.6) is 0 Å². The summed E-state index contributed by atoms with van der Waals surface area (Å²) in [5.41, 5.74) is 3.59. The van der Waals surface area contributed by atoms with Crippen LogP contribution in [0.1, 0.15) is 38.1 Å². The van der Waals surface area contributed by atoms with Crippen LogP contribution in [0, 0.1) is 0 Å². The number of benzene rings is 3. The first kappa shape index (κ1) is 28.8. The van der Waals surface area contributed by atoms with Gasteiger partial charge in [0.15, 0.2) is 5.69 Å². The van der Waals surface area contributed by atoms with Gasteiger partial charge in [-0.25, -0.2) is 9.48 Å². The van der Waals surface area contributed by atoms with E-state index in [0.717, 1.165) is 10.9 Å². The zero-order chi connectivity index (χ0) is 30.5. The van der Waals surface area contributed by atoms with Crippen LogP contribution < -0.4 is 5.32 Å². The molecule has 3 aromatic carbocycles. The summed E-state index contributed by atoms with van der Waals surface area (Å²) in [7, 11) is 1.26. The van der Waals surface area contributed by atoms with E-state index in [1.807, 2.05) is 60.7 Å². The Bertz CT molecular complexity index is 1670. The van der Waals surface area contributed by atoms with Crippen LogP contribution in [0.15, 0.2) is 97.2 Å². The lowest BCUT2D eigenvalue weighted by molar-refractivity contribution is -0.135. The summed E-state index contributed by atoms with van der Waals surface area (Å²) in [5.74, 6) is -1.34. The predicted octanol–water partition coefficient (Wildman–Crippen LogP) is 3.28.